The number of aromatic nitrogens is 8. The molecule has 0 bridgehead atoms. The highest BCUT2D eigenvalue weighted by atomic mass is 35.5. The first kappa shape index (κ1) is 61.1. The van der Waals surface area contributed by atoms with E-state index in [-0.39, 0.29) is 64.5 Å². The summed E-state index contributed by atoms with van der Waals surface area (Å²) in [4.78, 5) is 94.1. The number of likely N-dealkylation sites (N-methyl/N-ethyl adjacent to an activating group) is 1. The second-order valence-electron chi connectivity index (χ2n) is 20.5. The largest absolute Gasteiger partial charge is 0.496 e. The molecule has 440 valence electrons. The van der Waals surface area contributed by atoms with Crippen LogP contribution in [-0.2, 0) is 27.4 Å². The first-order valence-electron chi connectivity index (χ1n) is 27.3. The molecule has 0 radical (unpaired) electrons. The Morgan fingerprint density at radius 2 is 1.10 bits per heavy atom. The Labute approximate surface area is 492 Å². The number of hydrogen-bond acceptors (Lipinski definition) is 17. The molecule has 23 nitrogen and oxygen atoms in total. The minimum absolute atomic E-state index is 0.0467. The minimum Gasteiger partial charge on any atom is -0.496 e. The molecule has 0 aromatic carbocycles. The number of ether oxygens (including phenoxy) is 3. The van der Waals surface area contributed by atoms with Crippen LogP contribution in [0.3, 0.4) is 0 Å². The zero-order chi connectivity index (χ0) is 60.1. The smallest absolute Gasteiger partial charge is 0.260 e. The topological polar surface area (TPSA) is 294 Å². The normalized spacial score (nSPS) is 15.1. The molecule has 9 rings (SSSR count). The molecule has 3 aliphatic rings. The van der Waals surface area contributed by atoms with E-state index in [0.717, 1.165) is 67.1 Å². The molecule has 4 amide bonds. The Balaban J connectivity index is 0.000000217. The predicted molar refractivity (Wildman–Crippen MR) is 322 cm³/mol. The number of nitrogens with zero attached hydrogens (tertiary/aromatic N) is 10. The molecule has 0 spiro atoms. The standard InChI is InChI=1S/C29H35ClN8O4.C29H37ClN8O3/c1-15-13-33-21(17(3)24(15)41-5)14-38-26-23(25(30)35-29(31)36-26)19(28(38)40)12-20-16(2)22(18(4)34-20)27(39)32-6-7-37-8-10-42-11-9-37;1-8-37(9-2)11-10-32-27(39)22-16(4)20(34-18(22)6)12-19-23-25(30)35-29(31)36-26(23)38(28(19)40)14-21-17(5)24(41-7)15(3)13-33-21/h12-13,34H,6-11,14H2,1-5H3,(H,32,39)(H2,31,35,36);12-13,34H,8-11,14H2,1-7H3,(H,32,39)(H2,31,35,36)/b2*19-12-. The van der Waals surface area contributed by atoms with Gasteiger partial charge in [0.1, 0.15) is 21.8 Å². The van der Waals surface area contributed by atoms with Gasteiger partial charge in [0, 0.05) is 96.7 Å². The monoisotopic (exact) mass is 1170 g/mol. The Bertz CT molecular complexity index is 3570. The number of carbonyl (C=O) groups is 4. The molecule has 3 aliphatic heterocycles. The van der Waals surface area contributed by atoms with Crippen molar-refractivity contribution in [2.24, 2.45) is 0 Å². The molecule has 6 aromatic rings. The first-order chi connectivity index (χ1) is 39.6. The Morgan fingerprint density at radius 1 is 0.675 bits per heavy atom. The van der Waals surface area contributed by atoms with Crippen LogP contribution in [-0.4, -0.2) is 153 Å². The fourth-order valence-electron chi connectivity index (χ4n) is 10.8. The van der Waals surface area contributed by atoms with E-state index in [4.69, 9.17) is 48.9 Å². The van der Waals surface area contributed by atoms with Gasteiger partial charge in [-0.2, -0.15) is 9.97 Å². The van der Waals surface area contributed by atoms with Gasteiger partial charge in [0.25, 0.3) is 23.6 Å². The van der Waals surface area contributed by atoms with Crippen LogP contribution in [0, 0.1) is 55.4 Å². The third-order valence-electron chi connectivity index (χ3n) is 15.3. The van der Waals surface area contributed by atoms with E-state index in [1.54, 1.807) is 38.8 Å². The van der Waals surface area contributed by atoms with Crippen LogP contribution >= 0.6 is 23.2 Å². The van der Waals surface area contributed by atoms with Crippen molar-refractivity contribution in [1.82, 2.24) is 60.3 Å². The highest BCUT2D eigenvalue weighted by Crippen LogP contribution is 2.44. The lowest BCUT2D eigenvalue weighted by Gasteiger charge is -2.26. The Morgan fingerprint density at radius 3 is 1.51 bits per heavy atom. The summed E-state index contributed by atoms with van der Waals surface area (Å²) in [7, 11) is 3.20. The molecule has 1 saturated heterocycles. The number of aromatic amines is 2. The lowest BCUT2D eigenvalue weighted by atomic mass is 10.1. The number of halogens is 2. The van der Waals surface area contributed by atoms with Gasteiger partial charge in [0.15, 0.2) is 11.6 Å². The summed E-state index contributed by atoms with van der Waals surface area (Å²) >= 11 is 13.1. The number of nitrogen functional groups attached to an aromatic ring is 2. The van der Waals surface area contributed by atoms with E-state index in [9.17, 15) is 19.2 Å². The van der Waals surface area contributed by atoms with Crippen LogP contribution in [0.4, 0.5) is 23.5 Å². The number of rotatable bonds is 18. The zero-order valence-electron chi connectivity index (χ0n) is 49.0. The van der Waals surface area contributed by atoms with E-state index < -0.39 is 0 Å². The number of nitrogens with two attached hydrogens (primary N) is 2. The number of pyridine rings is 2. The molecule has 83 heavy (non-hydrogen) atoms. The molecule has 8 N–H and O–H groups in total. The predicted octanol–water partition coefficient (Wildman–Crippen LogP) is 6.66. The van der Waals surface area contributed by atoms with Gasteiger partial charge in [0.05, 0.1) is 85.3 Å². The SMILES string of the molecule is CCN(CC)CCNC(=O)c1c(C)[nH]c(/C=C2\C(=O)N(Cc3ncc(C)c(OC)c3C)c3nc(N)nc(Cl)c32)c1C.COc1c(C)cnc(CN2C(=O)/C(=C\c3[nH]c(C)c(C(=O)NCCN4CCOCC4)c3C)c3c(Cl)nc(N)nc32)c1C. The van der Waals surface area contributed by atoms with Crippen LogP contribution in [0.2, 0.25) is 10.3 Å². The number of amides is 4. The molecule has 0 unspecified atom stereocenters. The van der Waals surface area contributed by atoms with Crippen LogP contribution in [0.5, 0.6) is 11.5 Å². The number of hydrogen-bond donors (Lipinski definition) is 6. The van der Waals surface area contributed by atoms with Crippen LogP contribution in [0.1, 0.15) is 113 Å². The van der Waals surface area contributed by atoms with E-state index in [2.05, 4.69) is 74.2 Å². The summed E-state index contributed by atoms with van der Waals surface area (Å²) in [6.45, 7) is 26.9. The Kier molecular flexibility index (Phi) is 19.2. The van der Waals surface area contributed by atoms with Gasteiger partial charge in [0.2, 0.25) is 11.9 Å². The molecular weight excluding hydrogens is 1100 g/mol. The second-order valence-corrected chi connectivity index (χ2v) is 21.2. The van der Waals surface area contributed by atoms with Crippen molar-refractivity contribution in [1.29, 1.82) is 0 Å². The van der Waals surface area contributed by atoms with Crippen molar-refractivity contribution in [2.75, 3.05) is 101 Å². The molecular formula is C58H72Cl2N16O7. The lowest BCUT2D eigenvalue weighted by molar-refractivity contribution is -0.113. The average molecular weight is 1180 g/mol. The molecule has 25 heteroatoms. The minimum atomic E-state index is -0.337. The highest BCUT2D eigenvalue weighted by molar-refractivity contribution is 6.42. The number of carbonyl (C=O) groups excluding carboxylic acids is 4. The summed E-state index contributed by atoms with van der Waals surface area (Å²) in [6.07, 6.45) is 6.80. The van der Waals surface area contributed by atoms with Crippen molar-refractivity contribution in [2.45, 2.75) is 82.3 Å². The third-order valence-corrected chi connectivity index (χ3v) is 15.8. The maximum atomic E-state index is 13.9. The first-order valence-corrected chi connectivity index (χ1v) is 28.1. The molecule has 0 saturated carbocycles. The van der Waals surface area contributed by atoms with Gasteiger partial charge in [-0.25, -0.2) is 9.97 Å². The van der Waals surface area contributed by atoms with E-state index in [1.807, 2.05) is 55.4 Å². The second kappa shape index (κ2) is 26.1. The number of H-pyrrole nitrogens is 2. The van der Waals surface area contributed by atoms with Crippen LogP contribution in [0.15, 0.2) is 12.4 Å². The summed E-state index contributed by atoms with van der Waals surface area (Å²) in [5, 5.41) is 6.16. The molecule has 6 aromatic heterocycles. The van der Waals surface area contributed by atoms with Gasteiger partial charge in [-0.05, 0) is 91.8 Å². The molecule has 0 aliphatic carbocycles. The number of aryl methyl sites for hydroxylation is 4. The maximum Gasteiger partial charge on any atom is 0.260 e. The van der Waals surface area contributed by atoms with Gasteiger partial charge >= 0.3 is 0 Å². The summed E-state index contributed by atoms with van der Waals surface area (Å²) in [5.74, 6) is 0.895. The number of anilines is 4. The Hall–Kier alpha value is -7.96. The van der Waals surface area contributed by atoms with Crippen molar-refractivity contribution in [3.63, 3.8) is 0 Å². The number of methoxy groups -OCH3 is 2. The molecule has 9 heterocycles. The van der Waals surface area contributed by atoms with E-state index >= 15 is 0 Å². The van der Waals surface area contributed by atoms with Crippen molar-refractivity contribution >= 4 is 93.7 Å². The molecule has 0 atom stereocenters. The van der Waals surface area contributed by atoms with Gasteiger partial charge < -0.3 is 51.2 Å². The highest BCUT2D eigenvalue weighted by Gasteiger charge is 2.40. The zero-order valence-corrected chi connectivity index (χ0v) is 50.5. The van der Waals surface area contributed by atoms with Crippen molar-refractivity contribution in [3.05, 3.63) is 112 Å². The van der Waals surface area contributed by atoms with Gasteiger partial charge in [-0.15, -0.1) is 0 Å². The number of nitrogens with one attached hydrogen (secondary N) is 4. The summed E-state index contributed by atoms with van der Waals surface area (Å²) in [5.41, 5.74) is 23.0. The van der Waals surface area contributed by atoms with Crippen molar-refractivity contribution in [3.8, 4) is 11.5 Å². The number of fused-ring (bicyclic) bond motifs is 2. The quantitative estimate of drug-likeness (QED) is 0.0387. The van der Waals surface area contributed by atoms with Crippen LogP contribution < -0.4 is 41.4 Å². The van der Waals surface area contributed by atoms with Gasteiger partial charge in [-0.3, -0.25) is 43.8 Å². The van der Waals surface area contributed by atoms with E-state index in [0.29, 0.717) is 117 Å². The van der Waals surface area contributed by atoms with Crippen LogP contribution in [0.25, 0.3) is 23.3 Å². The van der Waals surface area contributed by atoms with E-state index in [1.165, 1.54) is 9.80 Å². The summed E-state index contributed by atoms with van der Waals surface area (Å²) < 4.78 is 16.5. The fraction of sp³-hybridized carbons (Fsp3) is 0.414. The third kappa shape index (κ3) is 12.7. The lowest BCUT2D eigenvalue weighted by Crippen LogP contribution is -2.41. The number of morpholine rings is 1. The molecule has 1 fully saturated rings. The van der Waals surface area contributed by atoms with Gasteiger partial charge in [-0.1, -0.05) is 37.0 Å². The fourth-order valence-corrected chi connectivity index (χ4v) is 11.3. The summed E-state index contributed by atoms with van der Waals surface area (Å²) in [6, 6.07) is 0. The maximum absolute atomic E-state index is 13.9. The average Bonchev–Trinajstić information content (AvgIpc) is 4.17. The van der Waals surface area contributed by atoms with Crippen molar-refractivity contribution < 1.29 is 33.4 Å².